The third kappa shape index (κ3) is 2.52. The quantitative estimate of drug-likeness (QED) is 0.693. The first-order valence-electron chi connectivity index (χ1n) is 6.04. The van der Waals surface area contributed by atoms with Crippen LogP contribution >= 0.6 is 11.3 Å². The van der Waals surface area contributed by atoms with Crippen molar-refractivity contribution in [3.63, 3.8) is 0 Å². The minimum atomic E-state index is -1.08. The molecule has 0 amide bonds. The smallest absolute Gasteiger partial charge is 0.134 e. The van der Waals surface area contributed by atoms with Crippen LogP contribution in [0.3, 0.4) is 0 Å². The van der Waals surface area contributed by atoms with Gasteiger partial charge in [-0.2, -0.15) is 0 Å². The van der Waals surface area contributed by atoms with Crippen molar-refractivity contribution in [2.45, 2.75) is 6.04 Å². The van der Waals surface area contributed by atoms with Gasteiger partial charge in [-0.05, 0) is 23.6 Å². The van der Waals surface area contributed by atoms with E-state index in [9.17, 15) is 17.6 Å². The molecule has 0 radical (unpaired) electrons. The molecule has 3 rings (SSSR count). The first-order chi connectivity index (χ1) is 9.95. The highest BCUT2D eigenvalue weighted by atomic mass is 32.1. The number of fused-ring (bicyclic) bond motifs is 1. The van der Waals surface area contributed by atoms with E-state index >= 15 is 0 Å². The van der Waals surface area contributed by atoms with Crippen LogP contribution in [-0.4, -0.2) is 0 Å². The summed E-state index contributed by atoms with van der Waals surface area (Å²) in [4.78, 5) is 0.472. The Morgan fingerprint density at radius 3 is 2.19 bits per heavy atom. The van der Waals surface area contributed by atoms with E-state index < -0.39 is 34.9 Å². The molecule has 0 bridgehead atoms. The average Bonchev–Trinajstić information content (AvgIpc) is 2.80. The van der Waals surface area contributed by atoms with Crippen molar-refractivity contribution in [2.75, 3.05) is 0 Å². The number of hydrogen-bond donors (Lipinski definition) is 1. The lowest BCUT2D eigenvalue weighted by atomic mass is 10.0. The van der Waals surface area contributed by atoms with Crippen molar-refractivity contribution >= 4 is 21.4 Å². The third-order valence-electron chi connectivity index (χ3n) is 3.16. The second kappa shape index (κ2) is 5.13. The van der Waals surface area contributed by atoms with Crippen LogP contribution in [0.25, 0.3) is 10.1 Å². The molecule has 108 valence electrons. The maximum atomic E-state index is 13.8. The molecule has 0 aliphatic heterocycles. The van der Waals surface area contributed by atoms with Crippen molar-refractivity contribution in [2.24, 2.45) is 5.73 Å². The standard InChI is InChI=1S/C15H9F4NS/c16-8-2-1-7-3-13(21-12(7)6-8)15(20)14-10(18)4-9(17)5-11(14)19/h1-6,15H,20H2. The molecule has 0 aliphatic rings. The Bertz CT molecular complexity index is 805. The summed E-state index contributed by atoms with van der Waals surface area (Å²) >= 11 is 1.14. The summed E-state index contributed by atoms with van der Waals surface area (Å²) < 4.78 is 54.2. The monoisotopic (exact) mass is 311 g/mol. The van der Waals surface area contributed by atoms with Gasteiger partial charge in [-0.3, -0.25) is 0 Å². The Hall–Kier alpha value is -1.92. The van der Waals surface area contributed by atoms with E-state index in [0.717, 1.165) is 16.7 Å². The highest BCUT2D eigenvalue weighted by molar-refractivity contribution is 7.19. The fraction of sp³-hybridized carbons (Fsp3) is 0.0667. The van der Waals surface area contributed by atoms with Gasteiger partial charge in [0.1, 0.15) is 23.3 Å². The van der Waals surface area contributed by atoms with Gasteiger partial charge in [0.15, 0.2) is 0 Å². The molecule has 21 heavy (non-hydrogen) atoms. The van der Waals surface area contributed by atoms with E-state index in [1.807, 2.05) is 0 Å². The van der Waals surface area contributed by atoms with Crippen molar-refractivity contribution in [1.29, 1.82) is 0 Å². The van der Waals surface area contributed by atoms with E-state index in [2.05, 4.69) is 0 Å². The summed E-state index contributed by atoms with van der Waals surface area (Å²) in [5.41, 5.74) is 5.48. The van der Waals surface area contributed by atoms with Crippen LogP contribution < -0.4 is 5.73 Å². The molecule has 6 heteroatoms. The third-order valence-corrected chi connectivity index (χ3v) is 4.34. The first kappa shape index (κ1) is 14.0. The van der Waals surface area contributed by atoms with Gasteiger partial charge in [-0.25, -0.2) is 17.6 Å². The molecule has 1 unspecified atom stereocenters. The Labute approximate surface area is 121 Å². The predicted molar refractivity (Wildman–Crippen MR) is 74.1 cm³/mol. The Kier molecular flexibility index (Phi) is 3.43. The second-order valence-corrected chi connectivity index (χ2v) is 5.71. The van der Waals surface area contributed by atoms with E-state index in [1.54, 1.807) is 12.1 Å². The Morgan fingerprint density at radius 1 is 0.857 bits per heavy atom. The lowest BCUT2D eigenvalue weighted by molar-refractivity contribution is 0.516. The summed E-state index contributed by atoms with van der Waals surface area (Å²) in [6.45, 7) is 0. The normalized spacial score (nSPS) is 12.8. The first-order valence-corrected chi connectivity index (χ1v) is 6.86. The average molecular weight is 311 g/mol. The van der Waals surface area contributed by atoms with E-state index in [4.69, 9.17) is 5.73 Å². The number of halogens is 4. The van der Waals surface area contributed by atoms with E-state index in [-0.39, 0.29) is 0 Å². The number of thiophene rings is 1. The maximum absolute atomic E-state index is 13.8. The summed E-state index contributed by atoms with van der Waals surface area (Å²) in [6, 6.07) is 5.93. The molecule has 0 fully saturated rings. The maximum Gasteiger partial charge on any atom is 0.134 e. The topological polar surface area (TPSA) is 26.0 Å². The molecule has 2 aromatic carbocycles. The molecule has 0 aliphatic carbocycles. The van der Waals surface area contributed by atoms with Crippen LogP contribution in [0.1, 0.15) is 16.5 Å². The number of rotatable bonds is 2. The fourth-order valence-corrected chi connectivity index (χ4v) is 3.27. The number of hydrogen-bond acceptors (Lipinski definition) is 2. The van der Waals surface area contributed by atoms with E-state index in [1.165, 1.54) is 12.1 Å². The summed E-state index contributed by atoms with van der Waals surface area (Å²) in [5, 5.41) is 0.731. The van der Waals surface area contributed by atoms with Crippen molar-refractivity contribution in [1.82, 2.24) is 0 Å². The fourth-order valence-electron chi connectivity index (χ4n) is 2.17. The lowest BCUT2D eigenvalue weighted by Crippen LogP contribution is -2.14. The van der Waals surface area contributed by atoms with Gasteiger partial charge in [0, 0.05) is 27.3 Å². The SMILES string of the molecule is NC(c1cc2ccc(F)cc2s1)c1c(F)cc(F)cc1F. The zero-order valence-corrected chi connectivity index (χ0v) is 11.4. The molecule has 0 spiro atoms. The summed E-state index contributed by atoms with van der Waals surface area (Å²) in [6.07, 6.45) is 0. The number of nitrogens with two attached hydrogens (primary N) is 1. The summed E-state index contributed by atoms with van der Waals surface area (Å²) in [5.74, 6) is -3.48. The Morgan fingerprint density at radius 2 is 1.52 bits per heavy atom. The lowest BCUT2D eigenvalue weighted by Gasteiger charge is -2.12. The molecular weight excluding hydrogens is 302 g/mol. The minimum absolute atomic E-state index is 0.399. The highest BCUT2D eigenvalue weighted by Gasteiger charge is 2.21. The van der Waals surface area contributed by atoms with Gasteiger partial charge in [-0.15, -0.1) is 11.3 Å². The van der Waals surface area contributed by atoms with Gasteiger partial charge in [-0.1, -0.05) is 6.07 Å². The van der Waals surface area contributed by atoms with Crippen LogP contribution in [0, 0.1) is 23.3 Å². The van der Waals surface area contributed by atoms with Gasteiger partial charge in [0.05, 0.1) is 6.04 Å². The largest absolute Gasteiger partial charge is 0.319 e. The van der Waals surface area contributed by atoms with Crippen LogP contribution in [0.2, 0.25) is 0 Å². The van der Waals surface area contributed by atoms with Gasteiger partial charge in [0.2, 0.25) is 0 Å². The van der Waals surface area contributed by atoms with E-state index in [0.29, 0.717) is 21.7 Å². The molecule has 0 saturated carbocycles. The predicted octanol–water partition coefficient (Wildman–Crippen LogP) is 4.51. The van der Waals surface area contributed by atoms with Gasteiger partial charge >= 0.3 is 0 Å². The molecule has 3 aromatic rings. The molecule has 0 saturated heterocycles. The molecule has 1 heterocycles. The zero-order valence-electron chi connectivity index (χ0n) is 10.5. The highest BCUT2D eigenvalue weighted by Crippen LogP contribution is 2.34. The van der Waals surface area contributed by atoms with Crippen LogP contribution in [0.5, 0.6) is 0 Å². The van der Waals surface area contributed by atoms with Crippen LogP contribution in [0.4, 0.5) is 17.6 Å². The molecule has 2 N–H and O–H groups in total. The summed E-state index contributed by atoms with van der Waals surface area (Å²) in [7, 11) is 0. The van der Waals surface area contributed by atoms with Crippen molar-refractivity contribution < 1.29 is 17.6 Å². The van der Waals surface area contributed by atoms with Crippen LogP contribution in [-0.2, 0) is 0 Å². The number of benzene rings is 2. The second-order valence-electron chi connectivity index (χ2n) is 4.59. The Balaban J connectivity index is 2.10. The molecule has 1 aromatic heterocycles. The van der Waals surface area contributed by atoms with Crippen molar-refractivity contribution in [3.8, 4) is 0 Å². The molecule has 1 atom stereocenters. The van der Waals surface area contributed by atoms with Gasteiger partial charge in [0.25, 0.3) is 0 Å². The zero-order chi connectivity index (χ0) is 15.1. The van der Waals surface area contributed by atoms with Crippen molar-refractivity contribution in [3.05, 3.63) is 70.1 Å². The molecular formula is C15H9F4NS. The van der Waals surface area contributed by atoms with Crippen LogP contribution in [0.15, 0.2) is 36.4 Å². The molecule has 1 nitrogen and oxygen atoms in total. The van der Waals surface area contributed by atoms with Gasteiger partial charge < -0.3 is 5.73 Å². The minimum Gasteiger partial charge on any atom is -0.319 e.